The summed E-state index contributed by atoms with van der Waals surface area (Å²) in [4.78, 5) is 12.3. The third kappa shape index (κ3) is 5.11. The van der Waals surface area contributed by atoms with E-state index >= 15 is 0 Å². The van der Waals surface area contributed by atoms with Crippen molar-refractivity contribution in [3.63, 3.8) is 0 Å². The highest BCUT2D eigenvalue weighted by molar-refractivity contribution is 5.77. The second kappa shape index (κ2) is 9.43. The van der Waals surface area contributed by atoms with Gasteiger partial charge in [-0.05, 0) is 67.0 Å². The van der Waals surface area contributed by atoms with E-state index in [9.17, 15) is 4.79 Å². The molecule has 1 atom stereocenters. The molecule has 1 aromatic heterocycles. The average molecular weight is 357 g/mol. The van der Waals surface area contributed by atoms with Crippen molar-refractivity contribution in [3.05, 3.63) is 53.5 Å². The number of furan rings is 1. The predicted octanol–water partition coefficient (Wildman–Crippen LogP) is 3.82. The molecule has 1 unspecified atom stereocenters. The lowest BCUT2D eigenvalue weighted by molar-refractivity contribution is -0.121. The molecule has 0 saturated carbocycles. The van der Waals surface area contributed by atoms with Gasteiger partial charge >= 0.3 is 0 Å². The number of fused-ring (bicyclic) bond motifs is 1. The van der Waals surface area contributed by atoms with Crippen molar-refractivity contribution in [2.24, 2.45) is 0 Å². The molecule has 0 bridgehead atoms. The Morgan fingerprint density at radius 3 is 3.08 bits per heavy atom. The molecule has 0 saturated heterocycles. The molecule has 1 amide bonds. The second-order valence-electron chi connectivity index (χ2n) is 6.69. The summed E-state index contributed by atoms with van der Waals surface area (Å²) in [5.41, 5.74) is 2.62. The summed E-state index contributed by atoms with van der Waals surface area (Å²) < 4.78 is 16.0. The van der Waals surface area contributed by atoms with Crippen LogP contribution in [0.2, 0.25) is 0 Å². The fourth-order valence-corrected chi connectivity index (χ4v) is 3.50. The normalized spacial score (nSPS) is 16.1. The van der Waals surface area contributed by atoms with Crippen molar-refractivity contribution in [2.75, 3.05) is 20.3 Å². The number of hydrogen-bond donors (Lipinski definition) is 1. The molecular formula is C21H27NO4. The lowest BCUT2D eigenvalue weighted by Crippen LogP contribution is -2.27. The molecule has 5 nitrogen and oxygen atoms in total. The van der Waals surface area contributed by atoms with Crippen LogP contribution in [0.3, 0.4) is 0 Å². The molecule has 2 aromatic rings. The molecule has 1 N–H and O–H groups in total. The Labute approximate surface area is 154 Å². The Morgan fingerprint density at radius 2 is 2.27 bits per heavy atom. The first-order valence-electron chi connectivity index (χ1n) is 9.30. The van der Waals surface area contributed by atoms with Gasteiger partial charge < -0.3 is 19.2 Å². The number of ether oxygens (including phenoxy) is 2. The highest BCUT2D eigenvalue weighted by atomic mass is 16.5. The maximum absolute atomic E-state index is 12.3. The average Bonchev–Trinajstić information content (AvgIpc) is 3.18. The number of amides is 1. The number of aryl methyl sites for hydroxylation is 1. The zero-order chi connectivity index (χ0) is 18.2. The highest BCUT2D eigenvalue weighted by Gasteiger charge is 2.22. The van der Waals surface area contributed by atoms with Gasteiger partial charge in [0.05, 0.1) is 13.4 Å². The summed E-state index contributed by atoms with van der Waals surface area (Å²) in [6.07, 6.45) is 6.24. The number of carbonyl (C=O) groups excluding carboxylic acids is 1. The molecule has 1 aromatic carbocycles. The topological polar surface area (TPSA) is 60.7 Å². The maximum atomic E-state index is 12.3. The smallest absolute Gasteiger partial charge is 0.220 e. The third-order valence-corrected chi connectivity index (χ3v) is 4.83. The Bertz CT molecular complexity index is 696. The first kappa shape index (κ1) is 18.5. The first-order valence-corrected chi connectivity index (χ1v) is 9.30. The summed E-state index contributed by atoms with van der Waals surface area (Å²) in [6.45, 7) is 1.72. The Hall–Kier alpha value is -2.27. The molecule has 0 spiro atoms. The minimum atomic E-state index is 0.115. The van der Waals surface area contributed by atoms with Gasteiger partial charge in [-0.3, -0.25) is 4.79 Å². The van der Waals surface area contributed by atoms with Crippen molar-refractivity contribution in [2.45, 2.75) is 44.6 Å². The van der Waals surface area contributed by atoms with Crippen LogP contribution in [-0.2, 0) is 22.6 Å². The largest absolute Gasteiger partial charge is 0.497 e. The number of carbonyl (C=O) groups is 1. The van der Waals surface area contributed by atoms with Crippen molar-refractivity contribution < 1.29 is 18.7 Å². The summed E-state index contributed by atoms with van der Waals surface area (Å²) in [6, 6.07) is 9.95. The van der Waals surface area contributed by atoms with E-state index in [1.807, 2.05) is 18.2 Å². The quantitative estimate of drug-likeness (QED) is 0.693. The molecule has 26 heavy (non-hydrogen) atoms. The standard InChI is InChI=1S/C21H27NO4/c1-24-18-8-9-20-16(13-18)5-2-6-17(20)14-21(23)22-10-4-11-25-15-19-7-3-12-26-19/h3,7-9,12-13,17H,2,4-6,10-11,14-15H2,1H3,(H,22,23). The van der Waals surface area contributed by atoms with E-state index in [1.54, 1.807) is 13.4 Å². The van der Waals surface area contributed by atoms with Crippen LogP contribution in [0, 0.1) is 0 Å². The molecule has 3 rings (SSSR count). The van der Waals surface area contributed by atoms with Gasteiger partial charge in [-0.25, -0.2) is 0 Å². The molecule has 1 aliphatic carbocycles. The van der Waals surface area contributed by atoms with Crippen LogP contribution < -0.4 is 10.1 Å². The Balaban J connectivity index is 1.37. The molecule has 0 aliphatic heterocycles. The third-order valence-electron chi connectivity index (χ3n) is 4.83. The Kier molecular flexibility index (Phi) is 6.72. The Morgan fingerprint density at radius 1 is 1.35 bits per heavy atom. The van der Waals surface area contributed by atoms with E-state index in [-0.39, 0.29) is 5.91 Å². The van der Waals surface area contributed by atoms with Crippen molar-refractivity contribution >= 4 is 5.91 Å². The minimum absolute atomic E-state index is 0.115. The molecule has 140 valence electrons. The zero-order valence-corrected chi connectivity index (χ0v) is 15.3. The first-order chi connectivity index (χ1) is 12.8. The second-order valence-corrected chi connectivity index (χ2v) is 6.69. The molecular weight excluding hydrogens is 330 g/mol. The van der Waals surface area contributed by atoms with Crippen molar-refractivity contribution in [1.82, 2.24) is 5.32 Å². The maximum Gasteiger partial charge on any atom is 0.220 e. The summed E-state index contributed by atoms with van der Waals surface area (Å²) in [7, 11) is 1.69. The van der Waals surface area contributed by atoms with Gasteiger partial charge in [0.25, 0.3) is 0 Å². The minimum Gasteiger partial charge on any atom is -0.497 e. The van der Waals surface area contributed by atoms with Gasteiger partial charge in [-0.2, -0.15) is 0 Å². The molecule has 0 fully saturated rings. The summed E-state index contributed by atoms with van der Waals surface area (Å²) in [5, 5.41) is 3.01. The summed E-state index contributed by atoms with van der Waals surface area (Å²) in [5.74, 6) is 2.13. The van der Waals surface area contributed by atoms with Gasteiger partial charge in [-0.15, -0.1) is 0 Å². The lowest BCUT2D eigenvalue weighted by Gasteiger charge is -2.25. The molecule has 5 heteroatoms. The number of methoxy groups -OCH3 is 1. The summed E-state index contributed by atoms with van der Waals surface area (Å²) >= 11 is 0. The van der Waals surface area contributed by atoms with Crippen LogP contribution in [0.5, 0.6) is 5.75 Å². The molecule has 0 radical (unpaired) electrons. The monoisotopic (exact) mass is 357 g/mol. The van der Waals surface area contributed by atoms with Gasteiger partial charge in [0, 0.05) is 19.6 Å². The van der Waals surface area contributed by atoms with Gasteiger partial charge in [0.1, 0.15) is 18.1 Å². The number of rotatable bonds is 9. The highest BCUT2D eigenvalue weighted by Crippen LogP contribution is 2.35. The van der Waals surface area contributed by atoms with Crippen LogP contribution in [0.25, 0.3) is 0 Å². The molecule has 1 heterocycles. The van der Waals surface area contributed by atoms with E-state index in [0.717, 1.165) is 37.2 Å². The van der Waals surface area contributed by atoms with E-state index < -0.39 is 0 Å². The van der Waals surface area contributed by atoms with Crippen LogP contribution >= 0.6 is 0 Å². The van der Waals surface area contributed by atoms with E-state index in [4.69, 9.17) is 13.9 Å². The van der Waals surface area contributed by atoms with E-state index in [2.05, 4.69) is 17.4 Å². The number of hydrogen-bond acceptors (Lipinski definition) is 4. The molecule has 1 aliphatic rings. The fourth-order valence-electron chi connectivity index (χ4n) is 3.50. The predicted molar refractivity (Wildman–Crippen MR) is 99.3 cm³/mol. The zero-order valence-electron chi connectivity index (χ0n) is 15.3. The SMILES string of the molecule is COc1ccc2c(c1)CCCC2CC(=O)NCCCOCc1ccco1. The lowest BCUT2D eigenvalue weighted by atomic mass is 9.81. The van der Waals surface area contributed by atoms with Gasteiger partial charge in [0.2, 0.25) is 5.91 Å². The number of benzene rings is 1. The van der Waals surface area contributed by atoms with Gasteiger partial charge in [-0.1, -0.05) is 6.07 Å². The van der Waals surface area contributed by atoms with E-state index in [0.29, 0.717) is 32.1 Å². The van der Waals surface area contributed by atoms with Crippen LogP contribution in [0.1, 0.15) is 48.5 Å². The number of nitrogens with one attached hydrogen (secondary N) is 1. The van der Waals surface area contributed by atoms with Crippen LogP contribution in [0.4, 0.5) is 0 Å². The van der Waals surface area contributed by atoms with Crippen molar-refractivity contribution in [1.29, 1.82) is 0 Å². The fraction of sp³-hybridized carbons (Fsp3) is 0.476. The van der Waals surface area contributed by atoms with Crippen LogP contribution in [-0.4, -0.2) is 26.2 Å². The van der Waals surface area contributed by atoms with Crippen molar-refractivity contribution in [3.8, 4) is 5.75 Å². The van der Waals surface area contributed by atoms with E-state index in [1.165, 1.54) is 11.1 Å². The van der Waals surface area contributed by atoms with Gasteiger partial charge in [0.15, 0.2) is 0 Å². The van der Waals surface area contributed by atoms with Crippen LogP contribution in [0.15, 0.2) is 41.0 Å².